The van der Waals surface area contributed by atoms with Gasteiger partial charge >= 0.3 is 5.97 Å². The minimum absolute atomic E-state index is 0.250. The first-order valence-electron chi connectivity index (χ1n) is 7.13. The lowest BCUT2D eigenvalue weighted by Gasteiger charge is -2.33. The minimum Gasteiger partial charge on any atom is -0.465 e. The van der Waals surface area contributed by atoms with Crippen molar-refractivity contribution in [3.05, 3.63) is 59.9 Å². The molecule has 1 heterocycles. The van der Waals surface area contributed by atoms with Crippen molar-refractivity contribution in [2.24, 2.45) is 0 Å². The van der Waals surface area contributed by atoms with Crippen LogP contribution in [0.3, 0.4) is 0 Å². The van der Waals surface area contributed by atoms with Gasteiger partial charge in [-0.1, -0.05) is 24.3 Å². The quantitative estimate of drug-likeness (QED) is 0.868. The number of carbonyl (C=O) groups excluding carboxylic acids is 1. The molecular weight excluding hydrogens is 301 g/mol. The van der Waals surface area contributed by atoms with Gasteiger partial charge in [0.25, 0.3) is 0 Å². The Hall–Kier alpha value is -2.01. The second kappa shape index (κ2) is 6.40. The largest absolute Gasteiger partial charge is 0.465 e. The van der Waals surface area contributed by atoms with Crippen molar-refractivity contribution in [3.8, 4) is 0 Å². The van der Waals surface area contributed by atoms with Crippen LogP contribution >= 0.6 is 11.8 Å². The zero-order chi connectivity index (χ0) is 15.5. The molecule has 2 aromatic rings. The summed E-state index contributed by atoms with van der Waals surface area (Å²) in [5.74, 6) is -0.552. The van der Waals surface area contributed by atoms with E-state index in [1.165, 1.54) is 23.9 Å². The van der Waals surface area contributed by atoms with E-state index in [0.29, 0.717) is 6.61 Å². The summed E-state index contributed by atoms with van der Waals surface area (Å²) in [6.45, 7) is 2.13. The van der Waals surface area contributed by atoms with Crippen molar-refractivity contribution in [2.75, 3.05) is 11.9 Å². The third kappa shape index (κ3) is 2.95. The molecule has 0 spiro atoms. The summed E-state index contributed by atoms with van der Waals surface area (Å²) in [7, 11) is 0. The van der Waals surface area contributed by atoms with Crippen LogP contribution in [0, 0.1) is 5.82 Å². The number of ether oxygens (including phenoxy) is 1. The van der Waals surface area contributed by atoms with Crippen LogP contribution in [0.4, 0.5) is 10.1 Å². The smallest absolute Gasteiger partial charge is 0.321 e. The van der Waals surface area contributed by atoms with E-state index >= 15 is 0 Å². The molecular formula is C17H16FNO2S. The van der Waals surface area contributed by atoms with Gasteiger partial charge in [-0.15, -0.1) is 11.8 Å². The fourth-order valence-corrected chi connectivity index (χ4v) is 3.68. The van der Waals surface area contributed by atoms with Gasteiger partial charge < -0.3 is 10.1 Å². The van der Waals surface area contributed by atoms with Crippen LogP contribution in [0.2, 0.25) is 0 Å². The molecule has 3 nitrogen and oxygen atoms in total. The second-order valence-electron chi connectivity index (χ2n) is 4.96. The van der Waals surface area contributed by atoms with Crippen LogP contribution in [0.1, 0.15) is 18.5 Å². The van der Waals surface area contributed by atoms with E-state index < -0.39 is 5.25 Å². The van der Waals surface area contributed by atoms with Gasteiger partial charge in [0.15, 0.2) is 0 Å². The number of rotatable bonds is 3. The molecule has 0 radical (unpaired) electrons. The lowest BCUT2D eigenvalue weighted by atomic mass is 10.0. The predicted molar refractivity (Wildman–Crippen MR) is 85.5 cm³/mol. The normalized spacial score (nSPS) is 19.9. The average Bonchev–Trinajstić information content (AvgIpc) is 2.54. The van der Waals surface area contributed by atoms with E-state index in [1.807, 2.05) is 24.3 Å². The monoisotopic (exact) mass is 317 g/mol. The van der Waals surface area contributed by atoms with E-state index in [4.69, 9.17) is 4.74 Å². The summed E-state index contributed by atoms with van der Waals surface area (Å²) in [6.07, 6.45) is 0. The summed E-state index contributed by atoms with van der Waals surface area (Å²) < 4.78 is 18.4. The number of esters is 1. The molecule has 0 aromatic heterocycles. The van der Waals surface area contributed by atoms with E-state index in [-0.39, 0.29) is 17.8 Å². The first-order valence-corrected chi connectivity index (χ1v) is 8.01. The summed E-state index contributed by atoms with van der Waals surface area (Å²) in [5, 5.41) is 2.98. The van der Waals surface area contributed by atoms with Gasteiger partial charge in [0.2, 0.25) is 0 Å². The fourth-order valence-electron chi connectivity index (χ4n) is 2.47. The highest BCUT2D eigenvalue weighted by molar-refractivity contribution is 8.00. The number of anilines is 1. The Morgan fingerprint density at radius 2 is 1.95 bits per heavy atom. The maximum atomic E-state index is 13.2. The van der Waals surface area contributed by atoms with Crippen molar-refractivity contribution in [1.82, 2.24) is 0 Å². The molecule has 22 heavy (non-hydrogen) atoms. The molecule has 2 atom stereocenters. The predicted octanol–water partition coefficient (Wildman–Crippen LogP) is 4.02. The van der Waals surface area contributed by atoms with Crippen molar-refractivity contribution in [3.63, 3.8) is 0 Å². The summed E-state index contributed by atoms with van der Waals surface area (Å²) in [5.41, 5.74) is 1.84. The third-order valence-electron chi connectivity index (χ3n) is 3.50. The van der Waals surface area contributed by atoms with Crippen LogP contribution in [-0.2, 0) is 9.53 Å². The highest BCUT2D eigenvalue weighted by Crippen LogP contribution is 2.43. The number of carbonyl (C=O) groups is 1. The number of para-hydroxylation sites is 1. The Kier molecular flexibility index (Phi) is 4.34. The lowest BCUT2D eigenvalue weighted by molar-refractivity contribution is -0.142. The number of benzene rings is 2. The molecule has 1 aliphatic heterocycles. The van der Waals surface area contributed by atoms with Crippen molar-refractivity contribution in [2.45, 2.75) is 23.1 Å². The topological polar surface area (TPSA) is 38.3 Å². The van der Waals surface area contributed by atoms with Crippen LogP contribution in [-0.4, -0.2) is 17.8 Å². The van der Waals surface area contributed by atoms with Crippen molar-refractivity contribution < 1.29 is 13.9 Å². The van der Waals surface area contributed by atoms with Crippen LogP contribution in [0.25, 0.3) is 0 Å². The van der Waals surface area contributed by atoms with Gasteiger partial charge in [0.1, 0.15) is 11.1 Å². The molecule has 3 rings (SSSR count). The van der Waals surface area contributed by atoms with E-state index in [9.17, 15) is 9.18 Å². The molecule has 5 heteroatoms. The number of thioether (sulfide) groups is 1. The lowest BCUT2D eigenvalue weighted by Crippen LogP contribution is -2.34. The summed E-state index contributed by atoms with van der Waals surface area (Å²) in [4.78, 5) is 13.3. The standard InChI is InChI=1S/C17H16FNO2S/c1-2-21-17(20)16-15(11-7-9-12(18)10-8-11)19-13-5-3-4-6-14(13)22-16/h3-10,15-16,19H,2H2,1H3. The Morgan fingerprint density at radius 1 is 1.23 bits per heavy atom. The first kappa shape index (κ1) is 14.9. The van der Waals surface area contributed by atoms with Crippen molar-refractivity contribution >= 4 is 23.4 Å². The molecule has 0 aliphatic carbocycles. The van der Waals surface area contributed by atoms with E-state index in [2.05, 4.69) is 5.32 Å². The molecule has 1 aliphatic rings. The molecule has 114 valence electrons. The third-order valence-corrected chi connectivity index (χ3v) is 4.83. The minimum atomic E-state index is -0.402. The molecule has 2 unspecified atom stereocenters. The van der Waals surface area contributed by atoms with Gasteiger partial charge in [-0.25, -0.2) is 4.39 Å². The zero-order valence-corrected chi connectivity index (χ0v) is 12.9. The van der Waals surface area contributed by atoms with Crippen LogP contribution < -0.4 is 5.32 Å². The maximum Gasteiger partial charge on any atom is 0.321 e. The summed E-state index contributed by atoms with van der Waals surface area (Å²) in [6, 6.07) is 13.8. The SMILES string of the molecule is CCOC(=O)C1Sc2ccccc2NC1c1ccc(F)cc1. The van der Waals surface area contributed by atoms with Crippen LogP contribution in [0.15, 0.2) is 53.4 Å². The van der Waals surface area contributed by atoms with Gasteiger partial charge in [0.05, 0.1) is 12.6 Å². The number of fused-ring (bicyclic) bond motifs is 1. The molecule has 1 N–H and O–H groups in total. The van der Waals surface area contributed by atoms with Gasteiger partial charge in [-0.2, -0.15) is 0 Å². The molecule has 0 bridgehead atoms. The van der Waals surface area contributed by atoms with Gasteiger partial charge in [-0.05, 0) is 36.8 Å². The number of nitrogens with one attached hydrogen (secondary N) is 1. The molecule has 0 saturated heterocycles. The average molecular weight is 317 g/mol. The first-order chi connectivity index (χ1) is 10.7. The Balaban J connectivity index is 1.96. The Morgan fingerprint density at radius 3 is 2.68 bits per heavy atom. The fraction of sp³-hybridized carbons (Fsp3) is 0.235. The number of hydrogen-bond donors (Lipinski definition) is 1. The maximum absolute atomic E-state index is 13.2. The van der Waals surface area contributed by atoms with Crippen LogP contribution in [0.5, 0.6) is 0 Å². The molecule has 0 saturated carbocycles. The number of halogens is 1. The zero-order valence-electron chi connectivity index (χ0n) is 12.1. The van der Waals surface area contributed by atoms with E-state index in [0.717, 1.165) is 16.1 Å². The van der Waals surface area contributed by atoms with E-state index in [1.54, 1.807) is 19.1 Å². The Labute approximate surface area is 132 Å². The van der Waals surface area contributed by atoms with Gasteiger partial charge in [0, 0.05) is 10.6 Å². The van der Waals surface area contributed by atoms with Gasteiger partial charge in [-0.3, -0.25) is 4.79 Å². The molecule has 0 fully saturated rings. The Bertz CT molecular complexity index is 675. The second-order valence-corrected chi connectivity index (χ2v) is 6.14. The summed E-state index contributed by atoms with van der Waals surface area (Å²) >= 11 is 1.48. The number of hydrogen-bond acceptors (Lipinski definition) is 4. The highest BCUT2D eigenvalue weighted by Gasteiger charge is 2.36. The van der Waals surface area contributed by atoms with Crippen molar-refractivity contribution in [1.29, 1.82) is 0 Å². The molecule has 0 amide bonds. The highest BCUT2D eigenvalue weighted by atomic mass is 32.2. The molecule has 2 aromatic carbocycles.